The van der Waals surface area contributed by atoms with Gasteiger partial charge in [0.05, 0.1) is 18.6 Å². The van der Waals surface area contributed by atoms with E-state index in [0.29, 0.717) is 18.4 Å². The summed E-state index contributed by atoms with van der Waals surface area (Å²) in [6.45, 7) is 10.1. The summed E-state index contributed by atoms with van der Waals surface area (Å²) in [5, 5.41) is 0. The third-order valence-corrected chi connectivity index (χ3v) is 5.28. The lowest BCUT2D eigenvalue weighted by molar-refractivity contribution is -0.167. The summed E-state index contributed by atoms with van der Waals surface area (Å²) in [5.41, 5.74) is 1.31. The fourth-order valence-electron chi connectivity index (χ4n) is 3.53. The first-order valence-corrected chi connectivity index (χ1v) is 9.97. The van der Waals surface area contributed by atoms with Crippen molar-refractivity contribution >= 4 is 23.9 Å². The maximum atomic E-state index is 12.7. The molecule has 0 spiro atoms. The van der Waals surface area contributed by atoms with E-state index in [-0.39, 0.29) is 11.1 Å². The number of hydrogen-bond donors (Lipinski definition) is 0. The lowest BCUT2D eigenvalue weighted by Crippen LogP contribution is -2.46. The zero-order valence-corrected chi connectivity index (χ0v) is 18.4. The second-order valence-electron chi connectivity index (χ2n) is 7.50. The van der Waals surface area contributed by atoms with Crippen LogP contribution >= 0.6 is 0 Å². The number of rotatable bonds is 4. The molecule has 0 bridgehead atoms. The van der Waals surface area contributed by atoms with Crippen LogP contribution < -0.4 is 0 Å². The molecule has 1 aliphatic heterocycles. The maximum absolute atomic E-state index is 12.7. The molecule has 0 amide bonds. The highest BCUT2D eigenvalue weighted by Gasteiger charge is 2.50. The Kier molecular flexibility index (Phi) is 7.96. The fourth-order valence-corrected chi connectivity index (χ4v) is 3.53. The number of fused-ring (bicyclic) bond motifs is 1. The van der Waals surface area contributed by atoms with Crippen LogP contribution in [0, 0.1) is 5.92 Å². The number of methoxy groups -OCH3 is 1. The number of carbonyl (C=O) groups excluding carboxylic acids is 4. The van der Waals surface area contributed by atoms with Crippen LogP contribution in [0.3, 0.4) is 0 Å². The van der Waals surface area contributed by atoms with Crippen molar-refractivity contribution < 1.29 is 38.1 Å². The Bertz CT molecular complexity index is 876. The Morgan fingerprint density at radius 2 is 1.90 bits per heavy atom. The third kappa shape index (κ3) is 5.51. The maximum Gasteiger partial charge on any atom is 0.337 e. The van der Waals surface area contributed by atoms with Crippen molar-refractivity contribution in [2.75, 3.05) is 7.11 Å². The van der Waals surface area contributed by atoms with Crippen LogP contribution in [0.5, 0.6) is 0 Å². The Morgan fingerprint density at radius 3 is 2.48 bits per heavy atom. The minimum atomic E-state index is -1.32. The van der Waals surface area contributed by atoms with Gasteiger partial charge in [0.2, 0.25) is 0 Å². The molecular weight excluding hydrogens is 404 g/mol. The van der Waals surface area contributed by atoms with Crippen molar-refractivity contribution in [3.05, 3.63) is 47.1 Å². The smallest absolute Gasteiger partial charge is 0.337 e. The summed E-state index contributed by atoms with van der Waals surface area (Å²) in [7, 11) is 1.20. The van der Waals surface area contributed by atoms with E-state index in [2.05, 4.69) is 6.58 Å². The van der Waals surface area contributed by atoms with Crippen molar-refractivity contribution in [2.45, 2.75) is 58.8 Å². The molecule has 2 rings (SSSR count). The van der Waals surface area contributed by atoms with Crippen molar-refractivity contribution in [1.29, 1.82) is 0 Å². The first-order chi connectivity index (χ1) is 14.6. The van der Waals surface area contributed by atoms with E-state index < -0.39 is 48.1 Å². The monoisotopic (exact) mass is 432 g/mol. The lowest BCUT2D eigenvalue weighted by Gasteiger charge is -2.33. The van der Waals surface area contributed by atoms with Gasteiger partial charge in [-0.3, -0.25) is 4.79 Å². The van der Waals surface area contributed by atoms with Gasteiger partial charge in [-0.15, -0.1) is 0 Å². The van der Waals surface area contributed by atoms with E-state index in [1.54, 1.807) is 32.1 Å². The van der Waals surface area contributed by atoms with E-state index in [1.165, 1.54) is 14.0 Å². The number of hydrogen-bond acceptors (Lipinski definition) is 8. The zero-order chi connectivity index (χ0) is 23.3. The quantitative estimate of drug-likeness (QED) is 0.289. The van der Waals surface area contributed by atoms with Crippen LogP contribution in [-0.2, 0) is 38.1 Å². The minimum absolute atomic E-state index is 0.0224. The lowest BCUT2D eigenvalue weighted by atomic mass is 9.83. The molecule has 1 heterocycles. The molecule has 1 fully saturated rings. The second kappa shape index (κ2) is 10.2. The van der Waals surface area contributed by atoms with E-state index in [1.807, 2.05) is 6.92 Å². The van der Waals surface area contributed by atoms with E-state index in [0.717, 1.165) is 5.57 Å². The van der Waals surface area contributed by atoms with Crippen molar-refractivity contribution in [3.8, 4) is 0 Å². The molecule has 0 N–H and O–H groups in total. The van der Waals surface area contributed by atoms with Gasteiger partial charge < -0.3 is 18.9 Å². The number of esters is 4. The Balaban J connectivity index is 2.70. The Morgan fingerprint density at radius 1 is 1.23 bits per heavy atom. The summed E-state index contributed by atoms with van der Waals surface area (Å²) in [6.07, 6.45) is 2.58. The molecule has 0 aromatic heterocycles. The molecule has 8 heteroatoms. The minimum Gasteiger partial charge on any atom is -0.466 e. The molecule has 8 nitrogen and oxygen atoms in total. The predicted octanol–water partition coefficient (Wildman–Crippen LogP) is 2.73. The highest BCUT2D eigenvalue weighted by Crippen LogP contribution is 2.38. The molecule has 1 aliphatic carbocycles. The molecule has 0 unspecified atom stereocenters. The van der Waals surface area contributed by atoms with Crippen LogP contribution in [0.15, 0.2) is 47.1 Å². The Labute approximate surface area is 181 Å². The van der Waals surface area contributed by atoms with E-state index >= 15 is 0 Å². The molecule has 1 saturated heterocycles. The van der Waals surface area contributed by atoms with Crippen molar-refractivity contribution in [3.63, 3.8) is 0 Å². The summed E-state index contributed by atoms with van der Waals surface area (Å²) in [4.78, 5) is 49.6. The standard InChI is InChI=1S/C23H28O8/c1-7-13(3)21(25)31-20-18-14(4)22(26)30-17(18)11-12(2)9-8-10-16(23(27)28-6)19(20)29-15(5)24/h7,10-11,17-20H,4,8-9H2,1-3,5-6H3/b12-11?,13-7-,16-10?/t17-,18-,19-,20-/m1/s1. The molecule has 4 atom stereocenters. The second-order valence-corrected chi connectivity index (χ2v) is 7.50. The summed E-state index contributed by atoms with van der Waals surface area (Å²) < 4.78 is 21.5. The van der Waals surface area contributed by atoms with Gasteiger partial charge in [-0.25, -0.2) is 14.4 Å². The number of carbonyl (C=O) groups is 4. The van der Waals surface area contributed by atoms with Gasteiger partial charge in [0, 0.05) is 18.1 Å². The normalized spacial score (nSPS) is 26.7. The molecule has 0 aromatic rings. The van der Waals surface area contributed by atoms with E-state index in [4.69, 9.17) is 18.9 Å². The third-order valence-electron chi connectivity index (χ3n) is 5.28. The van der Waals surface area contributed by atoms with Gasteiger partial charge in [-0.2, -0.15) is 0 Å². The average Bonchev–Trinajstić information content (AvgIpc) is 2.99. The van der Waals surface area contributed by atoms with Gasteiger partial charge in [-0.1, -0.05) is 24.3 Å². The first-order valence-electron chi connectivity index (χ1n) is 9.97. The highest BCUT2D eigenvalue weighted by atomic mass is 16.6. The highest BCUT2D eigenvalue weighted by molar-refractivity contribution is 5.93. The zero-order valence-electron chi connectivity index (χ0n) is 18.4. The van der Waals surface area contributed by atoms with Crippen LogP contribution in [0.2, 0.25) is 0 Å². The first kappa shape index (κ1) is 24.1. The average molecular weight is 432 g/mol. The van der Waals surface area contributed by atoms with Crippen LogP contribution in [0.4, 0.5) is 0 Å². The van der Waals surface area contributed by atoms with Gasteiger partial charge in [0.1, 0.15) is 6.10 Å². The Hall–Kier alpha value is -3.16. The molecule has 0 radical (unpaired) electrons. The fraction of sp³-hybridized carbons (Fsp3) is 0.478. The predicted molar refractivity (Wildman–Crippen MR) is 110 cm³/mol. The van der Waals surface area contributed by atoms with Crippen LogP contribution in [0.1, 0.15) is 40.5 Å². The topological polar surface area (TPSA) is 105 Å². The molecule has 0 saturated carbocycles. The number of ether oxygens (including phenoxy) is 4. The molecule has 0 aromatic carbocycles. The van der Waals surface area contributed by atoms with Gasteiger partial charge in [0.15, 0.2) is 12.2 Å². The van der Waals surface area contributed by atoms with Gasteiger partial charge in [0.25, 0.3) is 0 Å². The van der Waals surface area contributed by atoms with Crippen molar-refractivity contribution in [2.24, 2.45) is 5.92 Å². The summed E-state index contributed by atoms with van der Waals surface area (Å²) >= 11 is 0. The molecular formula is C23H28O8. The number of allylic oxidation sites excluding steroid dienone is 3. The molecule has 31 heavy (non-hydrogen) atoms. The SMILES string of the molecule is C=C1C(=O)O[C@@H]2C=C(C)CCC=C(C(=O)OC)[C@@H](OC(C)=O)[C@H](OC(=O)/C(C)=C\C)[C@H]12. The van der Waals surface area contributed by atoms with Crippen LogP contribution in [0.25, 0.3) is 0 Å². The van der Waals surface area contributed by atoms with Gasteiger partial charge >= 0.3 is 23.9 Å². The molecule has 168 valence electrons. The van der Waals surface area contributed by atoms with Gasteiger partial charge in [-0.05, 0) is 39.7 Å². The summed E-state index contributed by atoms with van der Waals surface area (Å²) in [5.74, 6) is -3.62. The van der Waals surface area contributed by atoms with E-state index in [9.17, 15) is 19.2 Å². The molecule has 2 aliphatic rings. The van der Waals surface area contributed by atoms with Crippen LogP contribution in [-0.4, -0.2) is 49.3 Å². The summed E-state index contributed by atoms with van der Waals surface area (Å²) in [6, 6.07) is 0. The largest absolute Gasteiger partial charge is 0.466 e. The van der Waals surface area contributed by atoms with Crippen molar-refractivity contribution in [1.82, 2.24) is 0 Å².